The Labute approximate surface area is 120 Å². The molecule has 112 valence electrons. The van der Waals surface area contributed by atoms with Crippen molar-refractivity contribution in [3.63, 3.8) is 0 Å². The van der Waals surface area contributed by atoms with Crippen molar-refractivity contribution in [3.8, 4) is 0 Å². The molecule has 4 nitrogen and oxygen atoms in total. The third-order valence-corrected chi connectivity index (χ3v) is 4.82. The number of carbonyl (C=O) groups is 1. The van der Waals surface area contributed by atoms with Crippen LogP contribution in [0.3, 0.4) is 0 Å². The van der Waals surface area contributed by atoms with E-state index in [1.165, 1.54) is 7.11 Å². The molecule has 0 aliphatic heterocycles. The molecule has 2 atom stereocenters. The minimum absolute atomic E-state index is 0.159. The molecule has 1 saturated carbocycles. The van der Waals surface area contributed by atoms with E-state index in [0.29, 0.717) is 11.3 Å². The van der Waals surface area contributed by atoms with Crippen molar-refractivity contribution in [2.24, 2.45) is 0 Å². The van der Waals surface area contributed by atoms with Crippen LogP contribution in [0.5, 0.6) is 0 Å². The lowest BCUT2D eigenvalue weighted by atomic mass is 9.96. The van der Waals surface area contributed by atoms with Crippen molar-refractivity contribution in [1.82, 2.24) is 5.32 Å². The molecule has 19 heavy (non-hydrogen) atoms. The Morgan fingerprint density at radius 3 is 2.79 bits per heavy atom. The lowest BCUT2D eigenvalue weighted by Crippen LogP contribution is -2.51. The van der Waals surface area contributed by atoms with Crippen LogP contribution < -0.4 is 5.32 Å². The Hall–Kier alpha value is -0.260. The number of hydrogen-bond acceptors (Lipinski definition) is 5. The molecule has 0 radical (unpaired) electrons. The second-order valence-corrected chi connectivity index (χ2v) is 7.09. The maximum absolute atomic E-state index is 11.9. The highest BCUT2D eigenvalue weighted by molar-refractivity contribution is 7.99. The van der Waals surface area contributed by atoms with Gasteiger partial charge < -0.3 is 9.84 Å². The number of hydrogen-bond donors (Lipinski definition) is 2. The van der Waals surface area contributed by atoms with E-state index in [1.54, 1.807) is 0 Å². The van der Waals surface area contributed by atoms with E-state index in [-0.39, 0.29) is 12.6 Å². The summed E-state index contributed by atoms with van der Waals surface area (Å²) in [6, 6.07) is 0.491. The van der Waals surface area contributed by atoms with Gasteiger partial charge in [-0.25, -0.2) is 0 Å². The minimum atomic E-state index is -0.545. The third-order valence-electron chi connectivity index (χ3n) is 3.50. The zero-order valence-electron chi connectivity index (χ0n) is 12.3. The Kier molecular flexibility index (Phi) is 7.18. The van der Waals surface area contributed by atoms with Crippen LogP contribution in [0.15, 0.2) is 0 Å². The Bertz CT molecular complexity index is 284. The molecule has 0 saturated heterocycles. The van der Waals surface area contributed by atoms with Crippen LogP contribution in [-0.2, 0) is 9.53 Å². The Morgan fingerprint density at radius 1 is 1.58 bits per heavy atom. The molecule has 0 aromatic heterocycles. The summed E-state index contributed by atoms with van der Waals surface area (Å²) in [5.41, 5.74) is -0.545. The zero-order valence-corrected chi connectivity index (χ0v) is 13.1. The molecule has 1 fully saturated rings. The topological polar surface area (TPSA) is 58.6 Å². The van der Waals surface area contributed by atoms with Crippen LogP contribution in [0.1, 0.15) is 46.0 Å². The van der Waals surface area contributed by atoms with E-state index in [1.807, 2.05) is 18.7 Å². The van der Waals surface area contributed by atoms with E-state index in [0.717, 1.165) is 37.9 Å². The lowest BCUT2D eigenvalue weighted by molar-refractivity contribution is -0.148. The average Bonchev–Trinajstić information content (AvgIpc) is 3.17. The molecule has 0 amide bonds. The molecule has 1 aliphatic rings. The number of carbonyl (C=O) groups excluding carboxylic acids is 1. The molecule has 0 aromatic carbocycles. The molecular weight excluding hydrogens is 262 g/mol. The molecule has 0 spiro atoms. The minimum Gasteiger partial charge on any atom is -0.468 e. The Morgan fingerprint density at radius 2 is 2.26 bits per heavy atom. The highest BCUT2D eigenvalue weighted by Crippen LogP contribution is 2.26. The second kappa shape index (κ2) is 8.12. The normalized spacial score (nSPS) is 19.8. The average molecular weight is 289 g/mol. The number of thioether (sulfide) groups is 1. The van der Waals surface area contributed by atoms with Crippen LogP contribution >= 0.6 is 11.8 Å². The van der Waals surface area contributed by atoms with Gasteiger partial charge in [0.2, 0.25) is 0 Å². The van der Waals surface area contributed by atoms with Gasteiger partial charge in [-0.2, -0.15) is 11.8 Å². The monoisotopic (exact) mass is 289 g/mol. The summed E-state index contributed by atoms with van der Waals surface area (Å²) in [4.78, 5) is 11.9. The predicted molar refractivity (Wildman–Crippen MR) is 79.4 cm³/mol. The van der Waals surface area contributed by atoms with E-state index in [2.05, 4.69) is 12.2 Å². The van der Waals surface area contributed by atoms with Gasteiger partial charge in [0.05, 0.1) is 7.11 Å². The summed E-state index contributed by atoms with van der Waals surface area (Å²) in [6.45, 7) is 4.32. The van der Waals surface area contributed by atoms with Gasteiger partial charge in [-0.1, -0.05) is 6.92 Å². The summed E-state index contributed by atoms with van der Waals surface area (Å²) in [6.07, 6.45) is 4.93. The molecule has 1 rings (SSSR count). The van der Waals surface area contributed by atoms with Crippen LogP contribution in [0.4, 0.5) is 0 Å². The number of ether oxygens (including phenoxy) is 1. The highest BCUT2D eigenvalue weighted by atomic mass is 32.2. The van der Waals surface area contributed by atoms with E-state index in [9.17, 15) is 4.79 Å². The molecule has 0 heterocycles. The van der Waals surface area contributed by atoms with E-state index < -0.39 is 5.54 Å². The van der Waals surface area contributed by atoms with Gasteiger partial charge in [0, 0.05) is 17.9 Å². The van der Waals surface area contributed by atoms with Gasteiger partial charge in [0.15, 0.2) is 0 Å². The van der Waals surface area contributed by atoms with Crippen LogP contribution in [0.2, 0.25) is 0 Å². The van der Waals surface area contributed by atoms with Crippen LogP contribution in [0.25, 0.3) is 0 Å². The third kappa shape index (κ3) is 6.15. The predicted octanol–water partition coefficient (Wildman–Crippen LogP) is 1.95. The lowest BCUT2D eigenvalue weighted by Gasteiger charge is -2.28. The summed E-state index contributed by atoms with van der Waals surface area (Å²) in [5, 5.41) is 12.7. The van der Waals surface area contributed by atoms with Crippen molar-refractivity contribution in [2.75, 3.05) is 19.5 Å². The summed E-state index contributed by atoms with van der Waals surface area (Å²) in [5.74, 6) is 0.855. The summed E-state index contributed by atoms with van der Waals surface area (Å²) in [7, 11) is 1.45. The van der Waals surface area contributed by atoms with Crippen molar-refractivity contribution in [2.45, 2.75) is 62.8 Å². The van der Waals surface area contributed by atoms with Crippen LogP contribution in [-0.4, -0.2) is 47.4 Å². The number of esters is 1. The van der Waals surface area contributed by atoms with Crippen molar-refractivity contribution in [1.29, 1.82) is 0 Å². The van der Waals surface area contributed by atoms with Gasteiger partial charge in [-0.05, 0) is 44.8 Å². The molecule has 2 unspecified atom stereocenters. The van der Waals surface area contributed by atoms with Gasteiger partial charge in [0.1, 0.15) is 5.54 Å². The fraction of sp³-hybridized carbons (Fsp3) is 0.929. The first-order valence-corrected chi connectivity index (χ1v) is 8.15. The number of aliphatic hydroxyl groups is 1. The first kappa shape index (κ1) is 16.8. The summed E-state index contributed by atoms with van der Waals surface area (Å²) < 4.78 is 4.92. The fourth-order valence-corrected chi connectivity index (χ4v) is 3.10. The van der Waals surface area contributed by atoms with E-state index >= 15 is 0 Å². The number of rotatable bonds is 10. The largest absolute Gasteiger partial charge is 0.468 e. The smallest absolute Gasteiger partial charge is 0.325 e. The molecule has 0 aromatic rings. The van der Waals surface area contributed by atoms with Gasteiger partial charge >= 0.3 is 5.97 Å². The molecule has 5 heteroatoms. The van der Waals surface area contributed by atoms with Gasteiger partial charge in [-0.3, -0.25) is 10.1 Å². The highest BCUT2D eigenvalue weighted by Gasteiger charge is 2.38. The Balaban J connectivity index is 2.30. The number of aliphatic hydroxyl groups excluding tert-OH is 1. The molecule has 1 aliphatic carbocycles. The number of nitrogens with one attached hydrogen (secondary N) is 1. The first-order chi connectivity index (χ1) is 9.01. The SMILES string of the molecule is COC(=O)C(C)(CCCSC(C)CCO)NC1CC1. The number of methoxy groups -OCH3 is 1. The maximum atomic E-state index is 11.9. The fourth-order valence-electron chi connectivity index (χ4n) is 2.11. The molecular formula is C14H27NO3S. The van der Waals surface area contributed by atoms with Crippen molar-refractivity contribution in [3.05, 3.63) is 0 Å². The first-order valence-electron chi connectivity index (χ1n) is 7.10. The summed E-state index contributed by atoms with van der Waals surface area (Å²) >= 11 is 1.86. The molecule has 2 N–H and O–H groups in total. The maximum Gasteiger partial charge on any atom is 0.325 e. The van der Waals surface area contributed by atoms with Crippen molar-refractivity contribution < 1.29 is 14.6 Å². The standard InChI is InChI=1S/C14H27NO3S/c1-11(7-9-16)19-10-4-8-14(2,13(17)18-3)15-12-5-6-12/h11-12,15-16H,4-10H2,1-3H3. The van der Waals surface area contributed by atoms with Crippen LogP contribution in [0, 0.1) is 0 Å². The zero-order chi connectivity index (χ0) is 14.3. The van der Waals surface area contributed by atoms with Crippen molar-refractivity contribution >= 4 is 17.7 Å². The second-order valence-electron chi connectivity index (χ2n) is 5.54. The van der Waals surface area contributed by atoms with Gasteiger partial charge in [-0.15, -0.1) is 0 Å². The quantitative estimate of drug-likeness (QED) is 0.475. The molecule has 0 bridgehead atoms. The van der Waals surface area contributed by atoms with E-state index in [4.69, 9.17) is 9.84 Å². The van der Waals surface area contributed by atoms with Gasteiger partial charge in [0.25, 0.3) is 0 Å².